The Hall–Kier alpha value is -1.80. The molecule has 0 aliphatic carbocycles. The van der Waals surface area contributed by atoms with Gasteiger partial charge in [0.1, 0.15) is 0 Å². The Morgan fingerprint density at radius 3 is 3.09 bits per heavy atom. The van der Waals surface area contributed by atoms with Gasteiger partial charge < -0.3 is 9.73 Å². The lowest BCUT2D eigenvalue weighted by Gasteiger charge is -2.21. The number of amides is 1. The Balaban J connectivity index is 1.63. The molecule has 0 spiro atoms. The Morgan fingerprint density at radius 1 is 1.55 bits per heavy atom. The zero-order valence-corrected chi connectivity index (χ0v) is 13.5. The van der Waals surface area contributed by atoms with Crippen LogP contribution in [0.3, 0.4) is 0 Å². The lowest BCUT2D eigenvalue weighted by atomic mass is 10.2. The van der Waals surface area contributed by atoms with E-state index in [4.69, 9.17) is 4.42 Å². The number of hydrogen-bond donors (Lipinski definition) is 1. The van der Waals surface area contributed by atoms with Crippen LogP contribution in [0.4, 0.5) is 5.13 Å². The van der Waals surface area contributed by atoms with Crippen LogP contribution in [0.25, 0.3) is 0 Å². The highest BCUT2D eigenvalue weighted by Crippen LogP contribution is 2.22. The summed E-state index contributed by atoms with van der Waals surface area (Å²) in [6, 6.07) is -0.168. The van der Waals surface area contributed by atoms with Crippen molar-refractivity contribution in [2.24, 2.45) is 0 Å². The first-order valence-electron chi connectivity index (χ1n) is 7.40. The highest BCUT2D eigenvalue weighted by molar-refractivity contribution is 7.13. The number of likely N-dealkylation sites (tertiary alicyclic amines) is 1. The smallest absolute Gasteiger partial charge is 0.243 e. The molecule has 22 heavy (non-hydrogen) atoms. The fourth-order valence-electron chi connectivity index (χ4n) is 2.52. The minimum Gasteiger partial charge on any atom is -0.424 e. The second-order valence-electron chi connectivity index (χ2n) is 5.64. The van der Waals surface area contributed by atoms with Gasteiger partial charge in [-0.05, 0) is 19.4 Å². The number of anilines is 1. The number of thiazole rings is 1. The van der Waals surface area contributed by atoms with E-state index in [9.17, 15) is 4.79 Å². The molecule has 1 amide bonds. The Bertz CT molecular complexity index is 625. The standard InChI is InChI=1S/C14H19N5O2S/c1-9(2)13-18-17-11(21-13)8-19-6-3-4-10(19)12(20)16-14-15-5-7-22-14/h5,7,9-10H,3-4,6,8H2,1-2H3,(H,15,16,20). The van der Waals surface area contributed by atoms with Crippen molar-refractivity contribution in [1.82, 2.24) is 20.1 Å². The maximum atomic E-state index is 12.4. The topological polar surface area (TPSA) is 84.2 Å². The number of carbonyl (C=O) groups excluding carboxylic acids is 1. The number of carbonyl (C=O) groups is 1. The maximum Gasteiger partial charge on any atom is 0.243 e. The molecule has 0 radical (unpaired) electrons. The minimum atomic E-state index is -0.168. The molecule has 8 heteroatoms. The SMILES string of the molecule is CC(C)c1nnc(CN2CCCC2C(=O)Nc2nccs2)o1. The lowest BCUT2D eigenvalue weighted by Crippen LogP contribution is -2.39. The van der Waals surface area contributed by atoms with Crippen molar-refractivity contribution in [3.63, 3.8) is 0 Å². The molecule has 118 valence electrons. The van der Waals surface area contributed by atoms with Crippen molar-refractivity contribution < 1.29 is 9.21 Å². The minimum absolute atomic E-state index is 0.0175. The first-order chi connectivity index (χ1) is 10.6. The molecule has 1 unspecified atom stereocenters. The molecular formula is C14H19N5O2S. The van der Waals surface area contributed by atoms with Crippen LogP contribution in [0, 0.1) is 0 Å². The van der Waals surface area contributed by atoms with E-state index in [1.807, 2.05) is 19.2 Å². The molecule has 1 N–H and O–H groups in total. The van der Waals surface area contributed by atoms with E-state index < -0.39 is 0 Å². The molecule has 1 aliphatic heterocycles. The quantitative estimate of drug-likeness (QED) is 0.909. The van der Waals surface area contributed by atoms with Crippen molar-refractivity contribution >= 4 is 22.4 Å². The van der Waals surface area contributed by atoms with Gasteiger partial charge in [0, 0.05) is 17.5 Å². The van der Waals surface area contributed by atoms with Crippen LogP contribution in [-0.2, 0) is 11.3 Å². The summed E-state index contributed by atoms with van der Waals surface area (Å²) in [6.07, 6.45) is 3.50. The molecule has 0 bridgehead atoms. The third kappa shape index (κ3) is 3.33. The zero-order valence-electron chi connectivity index (χ0n) is 12.7. The molecule has 7 nitrogen and oxygen atoms in total. The monoisotopic (exact) mass is 321 g/mol. The van der Waals surface area contributed by atoms with E-state index in [2.05, 4.69) is 25.4 Å². The highest BCUT2D eigenvalue weighted by Gasteiger charge is 2.32. The molecule has 1 atom stereocenters. The molecule has 1 aliphatic rings. The van der Waals surface area contributed by atoms with Gasteiger partial charge in [-0.25, -0.2) is 4.98 Å². The van der Waals surface area contributed by atoms with Gasteiger partial charge in [-0.2, -0.15) is 0 Å². The van der Waals surface area contributed by atoms with Crippen molar-refractivity contribution in [3.05, 3.63) is 23.4 Å². The van der Waals surface area contributed by atoms with E-state index in [1.165, 1.54) is 11.3 Å². The summed E-state index contributed by atoms with van der Waals surface area (Å²) in [7, 11) is 0. The van der Waals surface area contributed by atoms with Crippen LogP contribution < -0.4 is 5.32 Å². The third-order valence-electron chi connectivity index (χ3n) is 3.64. The number of hydrogen-bond acceptors (Lipinski definition) is 7. The van der Waals surface area contributed by atoms with Gasteiger partial charge in [-0.15, -0.1) is 21.5 Å². The first kappa shape index (κ1) is 15.1. The summed E-state index contributed by atoms with van der Waals surface area (Å²) in [6.45, 7) is 5.39. The van der Waals surface area contributed by atoms with Gasteiger partial charge in [-0.1, -0.05) is 13.8 Å². The van der Waals surface area contributed by atoms with Crippen molar-refractivity contribution in [1.29, 1.82) is 0 Å². The third-order valence-corrected chi connectivity index (χ3v) is 4.33. The second-order valence-corrected chi connectivity index (χ2v) is 6.54. The van der Waals surface area contributed by atoms with Gasteiger partial charge in [0.15, 0.2) is 5.13 Å². The highest BCUT2D eigenvalue weighted by atomic mass is 32.1. The van der Waals surface area contributed by atoms with E-state index in [0.717, 1.165) is 19.4 Å². The van der Waals surface area contributed by atoms with Crippen LogP contribution in [0.1, 0.15) is 44.4 Å². The number of rotatable bonds is 5. The predicted octanol–water partition coefficient (Wildman–Crippen LogP) is 2.25. The zero-order chi connectivity index (χ0) is 15.5. The Kier molecular flexibility index (Phi) is 4.49. The van der Waals surface area contributed by atoms with Gasteiger partial charge in [0.05, 0.1) is 12.6 Å². The number of nitrogens with zero attached hydrogens (tertiary/aromatic N) is 4. The molecule has 2 aromatic heterocycles. The predicted molar refractivity (Wildman–Crippen MR) is 82.6 cm³/mol. The van der Waals surface area contributed by atoms with Gasteiger partial charge in [-0.3, -0.25) is 9.69 Å². The van der Waals surface area contributed by atoms with E-state index >= 15 is 0 Å². The molecule has 0 aromatic carbocycles. The fraction of sp³-hybridized carbons (Fsp3) is 0.571. The molecule has 3 heterocycles. The summed E-state index contributed by atoms with van der Waals surface area (Å²) in [5.74, 6) is 1.40. The Labute approximate surface area is 132 Å². The average molecular weight is 321 g/mol. The Morgan fingerprint density at radius 2 is 2.41 bits per heavy atom. The van der Waals surface area contributed by atoms with Gasteiger partial charge in [0.25, 0.3) is 0 Å². The van der Waals surface area contributed by atoms with E-state index in [-0.39, 0.29) is 17.9 Å². The van der Waals surface area contributed by atoms with E-state index in [0.29, 0.717) is 23.5 Å². The van der Waals surface area contributed by atoms with Gasteiger partial charge in [0.2, 0.25) is 17.7 Å². The number of aromatic nitrogens is 3. The largest absolute Gasteiger partial charge is 0.424 e. The van der Waals surface area contributed by atoms with Crippen LogP contribution >= 0.6 is 11.3 Å². The summed E-state index contributed by atoms with van der Waals surface area (Å²) < 4.78 is 5.64. The average Bonchev–Trinajstić information content (AvgIpc) is 3.19. The van der Waals surface area contributed by atoms with Crippen molar-refractivity contribution in [3.8, 4) is 0 Å². The van der Waals surface area contributed by atoms with Crippen LogP contribution in [-0.4, -0.2) is 38.6 Å². The summed E-state index contributed by atoms with van der Waals surface area (Å²) >= 11 is 1.42. The molecule has 2 aromatic rings. The fourth-order valence-corrected chi connectivity index (χ4v) is 3.06. The number of nitrogens with one attached hydrogen (secondary N) is 1. The molecular weight excluding hydrogens is 302 g/mol. The molecule has 0 saturated carbocycles. The van der Waals surface area contributed by atoms with Crippen LogP contribution in [0.2, 0.25) is 0 Å². The van der Waals surface area contributed by atoms with E-state index in [1.54, 1.807) is 6.20 Å². The summed E-state index contributed by atoms with van der Waals surface area (Å²) in [5.41, 5.74) is 0. The normalized spacial score (nSPS) is 19.0. The van der Waals surface area contributed by atoms with Gasteiger partial charge >= 0.3 is 0 Å². The van der Waals surface area contributed by atoms with Crippen molar-refractivity contribution in [2.45, 2.75) is 45.2 Å². The summed E-state index contributed by atoms with van der Waals surface area (Å²) in [4.78, 5) is 18.5. The first-order valence-corrected chi connectivity index (χ1v) is 8.28. The van der Waals surface area contributed by atoms with Crippen molar-refractivity contribution in [2.75, 3.05) is 11.9 Å². The lowest BCUT2D eigenvalue weighted by molar-refractivity contribution is -0.120. The van der Waals surface area contributed by atoms with Crippen LogP contribution in [0.5, 0.6) is 0 Å². The molecule has 1 fully saturated rings. The molecule has 3 rings (SSSR count). The summed E-state index contributed by atoms with van der Waals surface area (Å²) in [5, 5.41) is 13.4. The second kappa shape index (κ2) is 6.53. The van der Waals surface area contributed by atoms with Crippen LogP contribution in [0.15, 0.2) is 16.0 Å². The maximum absolute atomic E-state index is 12.4. The molecule has 1 saturated heterocycles.